The standard InChI is InChI=1S/C19H21N5O3/c25-24(26)19-16(23-10-6-1-2-7-11-23)12-15(17-18(19)22-27-21-17)20-13-14-8-4-3-5-9-14/h3-5,8-9,12,20H,1-2,6-7,10-11,13H2. The molecular weight excluding hydrogens is 346 g/mol. The minimum absolute atomic E-state index is 0.0292. The largest absolute Gasteiger partial charge is 0.379 e. The van der Waals surface area contributed by atoms with E-state index in [2.05, 4.69) is 20.5 Å². The summed E-state index contributed by atoms with van der Waals surface area (Å²) in [6.07, 6.45) is 4.35. The minimum Gasteiger partial charge on any atom is -0.379 e. The monoisotopic (exact) mass is 367 g/mol. The van der Waals surface area contributed by atoms with Crippen molar-refractivity contribution in [3.05, 3.63) is 52.1 Å². The Balaban J connectivity index is 1.75. The van der Waals surface area contributed by atoms with E-state index in [0.29, 0.717) is 23.4 Å². The third-order valence-electron chi connectivity index (χ3n) is 4.95. The van der Waals surface area contributed by atoms with Crippen LogP contribution >= 0.6 is 0 Å². The highest BCUT2D eigenvalue weighted by Crippen LogP contribution is 2.39. The highest BCUT2D eigenvalue weighted by atomic mass is 16.6. The van der Waals surface area contributed by atoms with Gasteiger partial charge in [-0.15, -0.1) is 0 Å². The van der Waals surface area contributed by atoms with E-state index in [-0.39, 0.29) is 16.1 Å². The molecule has 0 amide bonds. The van der Waals surface area contributed by atoms with Crippen LogP contribution in [0.15, 0.2) is 41.0 Å². The van der Waals surface area contributed by atoms with Crippen molar-refractivity contribution < 1.29 is 9.55 Å². The molecule has 2 heterocycles. The average Bonchev–Trinajstić information content (AvgIpc) is 3.01. The van der Waals surface area contributed by atoms with Gasteiger partial charge >= 0.3 is 5.69 Å². The maximum atomic E-state index is 11.8. The van der Waals surface area contributed by atoms with Gasteiger partial charge in [0.15, 0.2) is 5.52 Å². The van der Waals surface area contributed by atoms with E-state index in [1.54, 1.807) is 0 Å². The van der Waals surface area contributed by atoms with Crippen molar-refractivity contribution in [1.82, 2.24) is 10.3 Å². The molecule has 0 radical (unpaired) electrons. The zero-order valence-electron chi connectivity index (χ0n) is 14.9. The van der Waals surface area contributed by atoms with Crippen LogP contribution in [0.1, 0.15) is 31.2 Å². The van der Waals surface area contributed by atoms with Crippen molar-refractivity contribution in [2.24, 2.45) is 0 Å². The van der Waals surface area contributed by atoms with Gasteiger partial charge in [-0.05, 0) is 34.8 Å². The molecule has 1 aromatic heterocycles. The molecule has 1 N–H and O–H groups in total. The van der Waals surface area contributed by atoms with Crippen LogP contribution in [-0.2, 0) is 6.54 Å². The van der Waals surface area contributed by atoms with Crippen LogP contribution in [0.2, 0.25) is 0 Å². The van der Waals surface area contributed by atoms with E-state index < -0.39 is 0 Å². The predicted molar refractivity (Wildman–Crippen MR) is 103 cm³/mol. The summed E-state index contributed by atoms with van der Waals surface area (Å²) in [4.78, 5) is 13.5. The minimum atomic E-state index is -0.381. The maximum Gasteiger partial charge on any atom is 0.323 e. The lowest BCUT2D eigenvalue weighted by molar-refractivity contribution is -0.382. The van der Waals surface area contributed by atoms with Crippen molar-refractivity contribution in [3.63, 3.8) is 0 Å². The lowest BCUT2D eigenvalue weighted by atomic mass is 10.1. The Morgan fingerprint density at radius 1 is 1.07 bits per heavy atom. The second-order valence-corrected chi connectivity index (χ2v) is 6.75. The van der Waals surface area contributed by atoms with Crippen molar-refractivity contribution in [3.8, 4) is 0 Å². The third kappa shape index (κ3) is 3.55. The highest BCUT2D eigenvalue weighted by molar-refractivity contribution is 5.99. The van der Waals surface area contributed by atoms with E-state index in [1.807, 2.05) is 36.4 Å². The number of nitrogens with zero attached hydrogens (tertiary/aromatic N) is 4. The van der Waals surface area contributed by atoms with Gasteiger partial charge in [0, 0.05) is 19.6 Å². The topological polar surface area (TPSA) is 97.3 Å². The van der Waals surface area contributed by atoms with E-state index in [1.165, 1.54) is 0 Å². The summed E-state index contributed by atoms with van der Waals surface area (Å²) < 4.78 is 4.85. The summed E-state index contributed by atoms with van der Waals surface area (Å²) in [5.74, 6) is 0. The molecule has 1 aliphatic rings. The van der Waals surface area contributed by atoms with Gasteiger partial charge in [-0.3, -0.25) is 10.1 Å². The van der Waals surface area contributed by atoms with Crippen LogP contribution in [0.5, 0.6) is 0 Å². The molecule has 2 aromatic carbocycles. The number of fused-ring (bicyclic) bond motifs is 1. The Hall–Kier alpha value is -3.16. The number of aromatic nitrogens is 2. The molecule has 0 saturated carbocycles. The van der Waals surface area contributed by atoms with Crippen molar-refractivity contribution in [2.45, 2.75) is 32.2 Å². The Morgan fingerprint density at radius 2 is 1.78 bits per heavy atom. The van der Waals surface area contributed by atoms with Crippen LogP contribution < -0.4 is 10.2 Å². The Kier molecular flexibility index (Phi) is 4.86. The summed E-state index contributed by atoms with van der Waals surface area (Å²) in [5.41, 5.74) is 2.93. The van der Waals surface area contributed by atoms with Crippen LogP contribution in [0.3, 0.4) is 0 Å². The molecule has 8 heteroatoms. The Bertz CT molecular complexity index is 933. The maximum absolute atomic E-state index is 11.8. The van der Waals surface area contributed by atoms with Crippen LogP contribution in [0, 0.1) is 10.1 Å². The first-order valence-electron chi connectivity index (χ1n) is 9.20. The van der Waals surface area contributed by atoms with Crippen LogP contribution in [0.4, 0.5) is 17.1 Å². The predicted octanol–water partition coefficient (Wildman–Crippen LogP) is 4.12. The van der Waals surface area contributed by atoms with Crippen molar-refractivity contribution in [2.75, 3.05) is 23.3 Å². The number of hydrogen-bond donors (Lipinski definition) is 1. The molecule has 1 aliphatic heterocycles. The van der Waals surface area contributed by atoms with Gasteiger partial charge in [0.2, 0.25) is 5.52 Å². The molecule has 27 heavy (non-hydrogen) atoms. The molecule has 0 bridgehead atoms. The zero-order valence-corrected chi connectivity index (χ0v) is 14.9. The fraction of sp³-hybridized carbons (Fsp3) is 0.368. The zero-order chi connectivity index (χ0) is 18.6. The van der Waals surface area contributed by atoms with Gasteiger partial charge in [-0.25, -0.2) is 4.63 Å². The molecule has 0 unspecified atom stereocenters. The number of nitro groups is 1. The lowest BCUT2D eigenvalue weighted by Crippen LogP contribution is -2.25. The van der Waals surface area contributed by atoms with E-state index >= 15 is 0 Å². The number of rotatable bonds is 5. The lowest BCUT2D eigenvalue weighted by Gasteiger charge is -2.23. The molecule has 0 atom stereocenters. The summed E-state index contributed by atoms with van der Waals surface area (Å²) in [7, 11) is 0. The molecule has 1 fully saturated rings. The third-order valence-corrected chi connectivity index (χ3v) is 4.95. The summed E-state index contributed by atoms with van der Waals surface area (Å²) in [5, 5.41) is 22.9. The smallest absolute Gasteiger partial charge is 0.323 e. The van der Waals surface area contributed by atoms with Gasteiger partial charge in [-0.2, -0.15) is 0 Å². The van der Waals surface area contributed by atoms with Crippen molar-refractivity contribution >= 4 is 28.1 Å². The average molecular weight is 367 g/mol. The molecule has 3 aromatic rings. The molecular formula is C19H21N5O3. The number of benzene rings is 2. The number of hydrogen-bond acceptors (Lipinski definition) is 7. The van der Waals surface area contributed by atoms with Gasteiger partial charge in [0.05, 0.1) is 10.6 Å². The number of anilines is 2. The fourth-order valence-electron chi connectivity index (χ4n) is 3.58. The molecule has 1 saturated heterocycles. The summed E-state index contributed by atoms with van der Waals surface area (Å²) in [6.45, 7) is 2.19. The van der Waals surface area contributed by atoms with E-state index in [9.17, 15) is 10.1 Å². The first-order chi connectivity index (χ1) is 13.2. The van der Waals surface area contributed by atoms with E-state index in [0.717, 1.165) is 44.3 Å². The van der Waals surface area contributed by atoms with Gasteiger partial charge < -0.3 is 10.2 Å². The molecule has 0 spiro atoms. The van der Waals surface area contributed by atoms with Crippen LogP contribution in [-0.4, -0.2) is 28.3 Å². The molecule has 0 aliphatic carbocycles. The first kappa shape index (κ1) is 17.3. The normalized spacial score (nSPS) is 14.9. The fourth-order valence-corrected chi connectivity index (χ4v) is 3.58. The number of nitro benzene ring substituents is 1. The van der Waals surface area contributed by atoms with Gasteiger partial charge in [0.25, 0.3) is 0 Å². The van der Waals surface area contributed by atoms with Gasteiger partial charge in [0.1, 0.15) is 5.69 Å². The van der Waals surface area contributed by atoms with Crippen molar-refractivity contribution in [1.29, 1.82) is 0 Å². The first-order valence-corrected chi connectivity index (χ1v) is 9.20. The second-order valence-electron chi connectivity index (χ2n) is 6.75. The highest BCUT2D eigenvalue weighted by Gasteiger charge is 2.29. The van der Waals surface area contributed by atoms with Gasteiger partial charge in [-0.1, -0.05) is 43.2 Å². The Labute approximate surface area is 156 Å². The molecule has 4 rings (SSSR count). The van der Waals surface area contributed by atoms with E-state index in [4.69, 9.17) is 4.63 Å². The van der Waals surface area contributed by atoms with Crippen LogP contribution in [0.25, 0.3) is 11.0 Å². The SMILES string of the molecule is O=[N+]([O-])c1c(N2CCCCCC2)cc(NCc2ccccc2)c2nonc12. The second kappa shape index (κ2) is 7.61. The molecule has 8 nitrogen and oxygen atoms in total. The molecule has 140 valence electrons. The quantitative estimate of drug-likeness (QED) is 0.535. The Morgan fingerprint density at radius 3 is 2.48 bits per heavy atom. The summed E-state index contributed by atoms with van der Waals surface area (Å²) in [6, 6.07) is 11.8. The number of nitrogens with one attached hydrogen (secondary N) is 1. The summed E-state index contributed by atoms with van der Waals surface area (Å²) >= 11 is 0.